The van der Waals surface area contributed by atoms with Gasteiger partial charge in [-0.2, -0.15) is 5.26 Å². The molecule has 0 aromatic rings. The highest BCUT2D eigenvalue weighted by atomic mass is 28.3. The third-order valence-corrected chi connectivity index (χ3v) is 2.79. The van der Waals surface area contributed by atoms with E-state index in [-0.39, 0.29) is 0 Å². The van der Waals surface area contributed by atoms with Crippen LogP contribution in [0.25, 0.3) is 0 Å². The molecule has 0 aliphatic rings. The van der Waals surface area contributed by atoms with Crippen molar-refractivity contribution in [1.82, 2.24) is 0 Å². The summed E-state index contributed by atoms with van der Waals surface area (Å²) in [4.78, 5) is 10.4. The highest BCUT2D eigenvalue weighted by molar-refractivity contribution is 6.39. The van der Waals surface area contributed by atoms with Gasteiger partial charge in [-0.05, 0) is 6.08 Å². The van der Waals surface area contributed by atoms with E-state index in [0.29, 0.717) is 0 Å². The summed E-state index contributed by atoms with van der Waals surface area (Å²) in [5.41, 5.74) is 1.80. The van der Waals surface area contributed by atoms with Crippen LogP contribution in [0.3, 0.4) is 0 Å². The van der Waals surface area contributed by atoms with Gasteiger partial charge in [-0.15, -0.1) is 0 Å². The molecule has 1 atom stereocenters. The van der Waals surface area contributed by atoms with E-state index in [2.05, 4.69) is 4.74 Å². The Labute approximate surface area is 76.6 Å². The second kappa shape index (κ2) is 6.78. The summed E-state index contributed by atoms with van der Waals surface area (Å²) in [5, 5.41) is 8.48. The van der Waals surface area contributed by atoms with Crippen LogP contribution >= 0.6 is 0 Å². The molecule has 0 rings (SSSR count). The van der Waals surface area contributed by atoms with E-state index < -0.39 is 21.8 Å². The van der Waals surface area contributed by atoms with Crippen LogP contribution in [0, 0.1) is 11.3 Å². The van der Waals surface area contributed by atoms with E-state index in [1.807, 2.05) is 6.07 Å². The molecule has 0 amide bonds. The summed E-state index contributed by atoms with van der Waals surface area (Å²) in [6.07, 6.45) is 0.803. The second-order valence-corrected chi connectivity index (χ2v) is 5.16. The lowest BCUT2D eigenvalue weighted by atomic mass is 10.4. The molecule has 0 bridgehead atoms. The van der Waals surface area contributed by atoms with Crippen molar-refractivity contribution in [3.8, 4) is 6.07 Å². The standard InChI is InChI=1S/C6H11NO3Si2/c1-5(8)9-6(4-7)2-3-12-10-11/h2-3,6H,12H2,1,11H3. The number of hydrogen-bond donors (Lipinski definition) is 0. The number of nitrogens with zero attached hydrogens (tertiary/aromatic N) is 1. The number of ether oxygens (including phenoxy) is 1. The molecular formula is C6H11NO3Si2. The Morgan fingerprint density at radius 2 is 2.50 bits per heavy atom. The van der Waals surface area contributed by atoms with Crippen molar-refractivity contribution in [3.05, 3.63) is 11.8 Å². The summed E-state index contributed by atoms with van der Waals surface area (Å²) in [6.45, 7) is 1.28. The van der Waals surface area contributed by atoms with E-state index in [0.717, 1.165) is 10.5 Å². The molecule has 0 radical (unpaired) electrons. The van der Waals surface area contributed by atoms with E-state index >= 15 is 0 Å². The summed E-state index contributed by atoms with van der Waals surface area (Å²) in [5.74, 6) is -0.445. The summed E-state index contributed by atoms with van der Waals surface area (Å²) < 4.78 is 9.62. The summed E-state index contributed by atoms with van der Waals surface area (Å²) >= 11 is 0. The maximum absolute atomic E-state index is 10.4. The lowest BCUT2D eigenvalue weighted by molar-refractivity contribution is -0.142. The lowest BCUT2D eigenvalue weighted by Gasteiger charge is -2.02. The van der Waals surface area contributed by atoms with Gasteiger partial charge in [0.2, 0.25) is 6.10 Å². The quantitative estimate of drug-likeness (QED) is 0.403. The first-order valence-electron chi connectivity index (χ1n) is 3.43. The lowest BCUT2D eigenvalue weighted by Crippen LogP contribution is -2.11. The van der Waals surface area contributed by atoms with Crippen molar-refractivity contribution in [2.75, 3.05) is 0 Å². The molecule has 66 valence electrons. The fourth-order valence-electron chi connectivity index (χ4n) is 0.563. The van der Waals surface area contributed by atoms with Crippen molar-refractivity contribution in [2.45, 2.75) is 13.0 Å². The van der Waals surface area contributed by atoms with Gasteiger partial charge in [-0.25, -0.2) is 0 Å². The Bertz CT molecular complexity index is 211. The zero-order valence-corrected chi connectivity index (χ0v) is 10.5. The van der Waals surface area contributed by atoms with Crippen LogP contribution in [0.2, 0.25) is 0 Å². The van der Waals surface area contributed by atoms with E-state index in [9.17, 15) is 4.79 Å². The van der Waals surface area contributed by atoms with Gasteiger partial charge in [-0.3, -0.25) is 4.79 Å². The van der Waals surface area contributed by atoms with Crippen LogP contribution in [0.4, 0.5) is 0 Å². The summed E-state index contributed by atoms with van der Waals surface area (Å²) in [6, 6.07) is 1.84. The Balaban J connectivity index is 3.84. The highest BCUT2D eigenvalue weighted by Crippen LogP contribution is 1.92. The van der Waals surface area contributed by atoms with Crippen LogP contribution in [0.5, 0.6) is 0 Å². The molecule has 0 aromatic carbocycles. The Morgan fingerprint density at radius 3 is 2.92 bits per heavy atom. The van der Waals surface area contributed by atoms with Gasteiger partial charge in [0.25, 0.3) is 0 Å². The Kier molecular flexibility index (Phi) is 6.27. The maximum Gasteiger partial charge on any atom is 0.304 e. The molecule has 0 saturated carbocycles. The zero-order chi connectivity index (χ0) is 9.40. The SMILES string of the molecule is CC(=O)OC(C#N)C=C[SiH2]O[SiH3]. The van der Waals surface area contributed by atoms with Crippen molar-refractivity contribution < 1.29 is 13.6 Å². The summed E-state index contributed by atoms with van der Waals surface area (Å²) in [7, 11) is 0.0931. The fourth-order valence-corrected chi connectivity index (χ4v) is 1.69. The first kappa shape index (κ1) is 11.1. The van der Waals surface area contributed by atoms with Gasteiger partial charge >= 0.3 is 5.97 Å². The maximum atomic E-state index is 10.4. The van der Waals surface area contributed by atoms with Gasteiger partial charge in [0.05, 0.1) is 0 Å². The molecule has 0 aliphatic carbocycles. The minimum Gasteiger partial charge on any atom is -0.465 e. The molecule has 0 spiro atoms. The first-order valence-corrected chi connectivity index (χ1v) is 5.64. The van der Waals surface area contributed by atoms with Gasteiger partial charge in [0.15, 0.2) is 9.76 Å². The normalized spacial score (nSPS) is 13.7. The second-order valence-electron chi connectivity index (χ2n) is 2.04. The molecule has 0 heterocycles. The number of carbonyl (C=O) groups is 1. The largest absolute Gasteiger partial charge is 0.465 e. The number of nitriles is 1. The third kappa shape index (κ3) is 5.85. The van der Waals surface area contributed by atoms with E-state index in [1.165, 1.54) is 6.92 Å². The molecule has 0 N–H and O–H groups in total. The Hall–Kier alpha value is -0.906. The fraction of sp³-hybridized carbons (Fsp3) is 0.333. The van der Waals surface area contributed by atoms with Crippen LogP contribution in [-0.2, 0) is 13.6 Å². The van der Waals surface area contributed by atoms with Crippen LogP contribution < -0.4 is 0 Å². The van der Waals surface area contributed by atoms with Gasteiger partial charge < -0.3 is 8.85 Å². The number of hydrogen-bond acceptors (Lipinski definition) is 4. The molecular weight excluding hydrogens is 190 g/mol. The number of rotatable bonds is 4. The van der Waals surface area contributed by atoms with Gasteiger partial charge in [0, 0.05) is 6.92 Å². The third-order valence-electron chi connectivity index (χ3n) is 0.994. The monoisotopic (exact) mass is 201 g/mol. The van der Waals surface area contributed by atoms with Crippen molar-refractivity contribution in [2.24, 2.45) is 0 Å². The molecule has 0 saturated heterocycles. The van der Waals surface area contributed by atoms with Gasteiger partial charge in [-0.1, -0.05) is 5.70 Å². The molecule has 0 aliphatic heterocycles. The molecule has 1 unspecified atom stereocenters. The topological polar surface area (TPSA) is 59.3 Å². The Morgan fingerprint density at radius 1 is 1.83 bits per heavy atom. The average molecular weight is 201 g/mol. The first-order chi connectivity index (χ1) is 5.70. The number of carbonyl (C=O) groups excluding carboxylic acids is 1. The predicted octanol–water partition coefficient (Wildman–Crippen LogP) is -1.66. The molecule has 0 fully saturated rings. The van der Waals surface area contributed by atoms with Crippen molar-refractivity contribution in [1.29, 1.82) is 5.26 Å². The minimum atomic E-state index is -0.758. The molecule has 12 heavy (non-hydrogen) atoms. The smallest absolute Gasteiger partial charge is 0.304 e. The van der Waals surface area contributed by atoms with E-state index in [4.69, 9.17) is 9.38 Å². The van der Waals surface area contributed by atoms with Crippen LogP contribution in [0.1, 0.15) is 6.92 Å². The molecule has 6 heteroatoms. The van der Waals surface area contributed by atoms with Crippen molar-refractivity contribution >= 4 is 26.2 Å². The number of esters is 1. The average Bonchev–Trinajstić information content (AvgIpc) is 2.02. The highest BCUT2D eigenvalue weighted by Gasteiger charge is 2.04. The molecule has 0 aromatic heterocycles. The van der Waals surface area contributed by atoms with Crippen molar-refractivity contribution in [3.63, 3.8) is 0 Å². The van der Waals surface area contributed by atoms with Crippen LogP contribution in [-0.4, -0.2) is 32.3 Å². The minimum absolute atomic E-state index is 0.445. The van der Waals surface area contributed by atoms with Crippen LogP contribution in [0.15, 0.2) is 11.8 Å². The predicted molar refractivity (Wildman–Crippen MR) is 49.9 cm³/mol. The van der Waals surface area contributed by atoms with Gasteiger partial charge in [0.1, 0.15) is 16.6 Å². The van der Waals surface area contributed by atoms with E-state index in [1.54, 1.807) is 11.8 Å². The molecule has 4 nitrogen and oxygen atoms in total. The zero-order valence-electron chi connectivity index (χ0n) is 7.11.